The Labute approximate surface area is 177 Å². The van der Waals surface area contributed by atoms with E-state index in [-0.39, 0.29) is 12.5 Å². The smallest absolute Gasteiger partial charge is 0.325 e. The van der Waals surface area contributed by atoms with Crippen molar-refractivity contribution in [2.45, 2.75) is 35.1 Å². The number of carbonyl (C=O) groups is 1. The number of hydrogen-bond donors (Lipinski definition) is 0. The van der Waals surface area contributed by atoms with E-state index in [1.165, 1.54) is 6.26 Å². The molecule has 1 heterocycles. The lowest BCUT2D eigenvalue weighted by molar-refractivity contribution is -0.143. The van der Waals surface area contributed by atoms with Crippen molar-refractivity contribution in [2.24, 2.45) is 0 Å². The lowest BCUT2D eigenvalue weighted by atomic mass is 10.2. The van der Waals surface area contributed by atoms with Crippen molar-refractivity contribution in [1.82, 2.24) is 4.57 Å². The molecule has 0 saturated carbocycles. The molecule has 8 heteroatoms. The van der Waals surface area contributed by atoms with Gasteiger partial charge in [0, 0.05) is 31.6 Å². The highest BCUT2D eigenvalue weighted by Gasteiger charge is 2.18. The Morgan fingerprint density at radius 3 is 2.46 bits per heavy atom. The molecule has 2 aromatic carbocycles. The quantitative estimate of drug-likeness (QED) is 0.471. The van der Waals surface area contributed by atoms with Gasteiger partial charge in [-0.3, -0.25) is 4.79 Å². The second kappa shape index (κ2) is 8.31. The van der Waals surface area contributed by atoms with Gasteiger partial charge in [-0.25, -0.2) is 8.42 Å². The number of nitrogens with zero attached hydrogens (tertiary/aromatic N) is 1. The normalized spacial score (nSPS) is 11.7. The van der Waals surface area contributed by atoms with Crippen molar-refractivity contribution in [3.05, 3.63) is 52.6 Å². The minimum atomic E-state index is -3.23. The van der Waals surface area contributed by atoms with Crippen molar-refractivity contribution >= 4 is 54.4 Å². The van der Waals surface area contributed by atoms with Crippen LogP contribution in [0, 0.1) is 6.92 Å². The van der Waals surface area contributed by atoms with E-state index in [1.807, 2.05) is 29.7 Å². The van der Waals surface area contributed by atoms with Crippen LogP contribution in [0.5, 0.6) is 0 Å². The lowest BCUT2D eigenvalue weighted by Crippen LogP contribution is -2.14. The predicted molar refractivity (Wildman–Crippen MR) is 115 cm³/mol. The summed E-state index contributed by atoms with van der Waals surface area (Å²) in [6.07, 6.45) is 1.19. The van der Waals surface area contributed by atoms with Crippen LogP contribution in [-0.4, -0.2) is 31.8 Å². The Morgan fingerprint density at radius 2 is 1.86 bits per heavy atom. The molecule has 3 aromatic rings. The van der Waals surface area contributed by atoms with Gasteiger partial charge in [0.25, 0.3) is 0 Å². The van der Waals surface area contributed by atoms with Gasteiger partial charge < -0.3 is 9.30 Å². The Hall–Kier alpha value is -1.77. The molecule has 0 amide bonds. The van der Waals surface area contributed by atoms with Crippen molar-refractivity contribution < 1.29 is 17.9 Å². The SMILES string of the molecule is CCOC(=O)Cn1c(C)c(Sc2ccc(S(C)(=O)=O)cc2)c2cc(Br)ccc21. The first-order valence-electron chi connectivity index (χ1n) is 8.62. The largest absolute Gasteiger partial charge is 0.465 e. The van der Waals surface area contributed by atoms with Crippen molar-refractivity contribution in [3.8, 4) is 0 Å². The zero-order valence-electron chi connectivity index (χ0n) is 15.7. The van der Waals surface area contributed by atoms with E-state index in [0.29, 0.717) is 11.5 Å². The number of rotatable bonds is 6. The van der Waals surface area contributed by atoms with Gasteiger partial charge in [-0.05, 0) is 56.3 Å². The molecule has 0 spiro atoms. The summed E-state index contributed by atoms with van der Waals surface area (Å²) in [5.74, 6) is -0.278. The maximum Gasteiger partial charge on any atom is 0.325 e. The fraction of sp³-hybridized carbons (Fsp3) is 0.250. The number of carbonyl (C=O) groups excluding carboxylic acids is 1. The zero-order chi connectivity index (χ0) is 20.5. The van der Waals surface area contributed by atoms with Crippen LogP contribution in [0.1, 0.15) is 12.6 Å². The second-order valence-corrected chi connectivity index (χ2v) is 10.3. The average Bonchev–Trinajstić information content (AvgIpc) is 2.87. The Morgan fingerprint density at radius 1 is 1.18 bits per heavy atom. The number of fused-ring (bicyclic) bond motifs is 1. The standard InChI is InChI=1S/C20H20BrNO4S2/c1-4-26-19(23)12-22-13(2)20(17-11-14(21)5-10-18(17)22)27-15-6-8-16(9-7-15)28(3,24)25/h5-11H,4,12H2,1-3H3. The van der Waals surface area contributed by atoms with Crippen LogP contribution in [0.4, 0.5) is 0 Å². The van der Waals surface area contributed by atoms with Gasteiger partial charge in [0.2, 0.25) is 0 Å². The third-order valence-electron chi connectivity index (χ3n) is 4.29. The highest BCUT2D eigenvalue weighted by atomic mass is 79.9. The van der Waals surface area contributed by atoms with E-state index in [0.717, 1.165) is 30.9 Å². The number of ether oxygens (including phenoxy) is 1. The molecule has 0 aliphatic rings. The van der Waals surface area contributed by atoms with Gasteiger partial charge in [-0.15, -0.1) is 0 Å². The molecule has 0 saturated heterocycles. The molecule has 0 unspecified atom stereocenters. The van der Waals surface area contributed by atoms with E-state index in [2.05, 4.69) is 15.9 Å². The van der Waals surface area contributed by atoms with Gasteiger partial charge in [0.05, 0.1) is 17.0 Å². The predicted octanol–water partition coefficient (Wildman–Crippen LogP) is 4.83. The minimum Gasteiger partial charge on any atom is -0.465 e. The fourth-order valence-electron chi connectivity index (χ4n) is 2.96. The van der Waals surface area contributed by atoms with Crippen LogP contribution < -0.4 is 0 Å². The van der Waals surface area contributed by atoms with E-state index >= 15 is 0 Å². The number of aromatic nitrogens is 1. The molecule has 28 heavy (non-hydrogen) atoms. The van der Waals surface area contributed by atoms with Gasteiger partial charge in [-0.1, -0.05) is 27.7 Å². The average molecular weight is 482 g/mol. The van der Waals surface area contributed by atoms with Gasteiger partial charge in [0.1, 0.15) is 6.54 Å². The lowest BCUT2D eigenvalue weighted by Gasteiger charge is -2.08. The highest BCUT2D eigenvalue weighted by Crippen LogP contribution is 2.39. The maximum atomic E-state index is 12.1. The van der Waals surface area contributed by atoms with Crippen molar-refractivity contribution in [1.29, 1.82) is 0 Å². The molecule has 3 rings (SSSR count). The first kappa shape index (κ1) is 21.0. The molecule has 0 fully saturated rings. The van der Waals surface area contributed by atoms with Crippen molar-refractivity contribution in [2.75, 3.05) is 12.9 Å². The van der Waals surface area contributed by atoms with Crippen LogP contribution in [0.25, 0.3) is 10.9 Å². The number of benzene rings is 2. The van der Waals surface area contributed by atoms with E-state index in [1.54, 1.807) is 43.0 Å². The summed E-state index contributed by atoms with van der Waals surface area (Å²) in [6, 6.07) is 12.8. The molecule has 0 radical (unpaired) electrons. The van der Waals surface area contributed by atoms with Gasteiger partial charge in [-0.2, -0.15) is 0 Å². The number of halogens is 1. The van der Waals surface area contributed by atoms with Gasteiger partial charge >= 0.3 is 5.97 Å². The Bertz CT molecular complexity index is 1140. The molecule has 0 bridgehead atoms. The Kier molecular flexibility index (Phi) is 6.21. The number of sulfone groups is 1. The second-order valence-electron chi connectivity index (χ2n) is 6.31. The van der Waals surface area contributed by atoms with Crippen LogP contribution in [-0.2, 0) is 25.9 Å². The summed E-state index contributed by atoms with van der Waals surface area (Å²) >= 11 is 5.06. The summed E-state index contributed by atoms with van der Waals surface area (Å²) in [6.45, 7) is 4.25. The van der Waals surface area contributed by atoms with Crippen LogP contribution in [0.2, 0.25) is 0 Å². The van der Waals surface area contributed by atoms with Crippen LogP contribution >= 0.6 is 27.7 Å². The van der Waals surface area contributed by atoms with Crippen LogP contribution in [0.3, 0.4) is 0 Å². The third kappa shape index (κ3) is 4.45. The zero-order valence-corrected chi connectivity index (χ0v) is 18.9. The van der Waals surface area contributed by atoms with E-state index in [9.17, 15) is 13.2 Å². The molecular formula is C20H20BrNO4S2. The van der Waals surface area contributed by atoms with Crippen LogP contribution in [0.15, 0.2) is 61.6 Å². The topological polar surface area (TPSA) is 65.4 Å². The monoisotopic (exact) mass is 481 g/mol. The molecule has 0 N–H and O–H groups in total. The molecule has 5 nitrogen and oxygen atoms in total. The number of esters is 1. The maximum absolute atomic E-state index is 12.1. The molecule has 0 aliphatic heterocycles. The summed E-state index contributed by atoms with van der Waals surface area (Å²) in [7, 11) is -3.23. The van der Waals surface area contributed by atoms with E-state index < -0.39 is 9.84 Å². The highest BCUT2D eigenvalue weighted by molar-refractivity contribution is 9.10. The van der Waals surface area contributed by atoms with Gasteiger partial charge in [0.15, 0.2) is 9.84 Å². The summed E-state index contributed by atoms with van der Waals surface area (Å²) in [4.78, 5) is 14.3. The summed E-state index contributed by atoms with van der Waals surface area (Å²) < 4.78 is 31.3. The molecule has 1 aromatic heterocycles. The molecule has 0 aliphatic carbocycles. The van der Waals surface area contributed by atoms with E-state index in [4.69, 9.17) is 4.74 Å². The fourth-order valence-corrected chi connectivity index (χ4v) is 5.00. The summed E-state index contributed by atoms with van der Waals surface area (Å²) in [5, 5.41) is 1.02. The summed E-state index contributed by atoms with van der Waals surface area (Å²) in [5.41, 5.74) is 1.90. The van der Waals surface area contributed by atoms with Crippen molar-refractivity contribution in [3.63, 3.8) is 0 Å². The molecular weight excluding hydrogens is 462 g/mol. The first-order chi connectivity index (χ1) is 13.2. The first-order valence-corrected chi connectivity index (χ1v) is 12.1. The molecule has 148 valence electrons. The Balaban J connectivity index is 2.04. The minimum absolute atomic E-state index is 0.144. The number of hydrogen-bond acceptors (Lipinski definition) is 5. The molecule has 0 atom stereocenters. The third-order valence-corrected chi connectivity index (χ3v) is 7.14.